The number of allylic oxidation sites excluding steroid dienone is 1. The maximum absolute atomic E-state index is 4.22. The van der Waals surface area contributed by atoms with E-state index in [9.17, 15) is 0 Å². The van der Waals surface area contributed by atoms with E-state index in [1.54, 1.807) is 0 Å². The van der Waals surface area contributed by atoms with Crippen molar-refractivity contribution in [3.05, 3.63) is 12.7 Å². The zero-order chi connectivity index (χ0) is 11.9. The molecule has 16 heavy (non-hydrogen) atoms. The van der Waals surface area contributed by atoms with Gasteiger partial charge in [-0.05, 0) is 25.0 Å². The van der Waals surface area contributed by atoms with Crippen LogP contribution in [0.15, 0.2) is 12.7 Å². The van der Waals surface area contributed by atoms with Gasteiger partial charge in [0.15, 0.2) is 0 Å². The molecular weight excluding hydrogens is 212 g/mol. The summed E-state index contributed by atoms with van der Waals surface area (Å²) in [4.78, 5) is 0. The Bertz CT molecular complexity index is 131. The Hall–Kier alpha value is 0.0900. The summed E-state index contributed by atoms with van der Waals surface area (Å²) in [5.74, 6) is 1.06. The number of thiol groups is 1. The smallest absolute Gasteiger partial charge is 0.00979 e. The molecule has 0 spiro atoms. The van der Waals surface area contributed by atoms with Crippen LogP contribution in [0.5, 0.6) is 0 Å². The summed E-state index contributed by atoms with van der Waals surface area (Å²) < 4.78 is 0. The molecule has 0 aromatic carbocycles. The number of unbranched alkanes of at least 4 members (excludes halogenated alkanes) is 11. The molecule has 0 aliphatic heterocycles. The minimum Gasteiger partial charge on any atom is -0.179 e. The Labute approximate surface area is 108 Å². The van der Waals surface area contributed by atoms with Crippen LogP contribution >= 0.6 is 12.6 Å². The third-order valence-corrected chi connectivity index (χ3v) is 3.38. The second kappa shape index (κ2) is 15.1. The van der Waals surface area contributed by atoms with Gasteiger partial charge in [0.1, 0.15) is 0 Å². The van der Waals surface area contributed by atoms with Crippen molar-refractivity contribution in [2.24, 2.45) is 0 Å². The molecule has 0 fully saturated rings. The number of rotatable bonds is 13. The maximum atomic E-state index is 4.22. The van der Waals surface area contributed by atoms with Gasteiger partial charge in [-0.1, -0.05) is 63.9 Å². The van der Waals surface area contributed by atoms with Crippen molar-refractivity contribution in [1.82, 2.24) is 0 Å². The molecule has 0 aliphatic carbocycles. The third-order valence-electron chi connectivity index (χ3n) is 3.07. The monoisotopic (exact) mass is 242 g/mol. The predicted octanol–water partition coefficient (Wildman–Crippen LogP) is 5.78. The molecule has 0 aromatic heterocycles. The Balaban J connectivity index is 2.85. The molecule has 0 rings (SSSR count). The molecule has 0 radical (unpaired) electrons. The van der Waals surface area contributed by atoms with E-state index in [-0.39, 0.29) is 0 Å². The van der Waals surface area contributed by atoms with Gasteiger partial charge in [0.25, 0.3) is 0 Å². The normalized spacial score (nSPS) is 10.6. The van der Waals surface area contributed by atoms with Crippen molar-refractivity contribution in [2.45, 2.75) is 77.0 Å². The van der Waals surface area contributed by atoms with Crippen LogP contribution in [-0.2, 0) is 0 Å². The molecule has 0 aliphatic rings. The fourth-order valence-corrected chi connectivity index (χ4v) is 2.22. The van der Waals surface area contributed by atoms with E-state index in [1.165, 1.54) is 77.0 Å². The summed E-state index contributed by atoms with van der Waals surface area (Å²) in [5, 5.41) is 0. The zero-order valence-electron chi connectivity index (χ0n) is 10.9. The molecule has 0 saturated carbocycles. The second-order valence-corrected chi connectivity index (χ2v) is 5.14. The van der Waals surface area contributed by atoms with E-state index < -0.39 is 0 Å². The lowest BCUT2D eigenvalue weighted by Crippen LogP contribution is -1.82. The fraction of sp³-hybridized carbons (Fsp3) is 0.867. The molecule has 1 heteroatoms. The van der Waals surface area contributed by atoms with E-state index in [4.69, 9.17) is 0 Å². The minimum absolute atomic E-state index is 1.06. The van der Waals surface area contributed by atoms with E-state index in [0.717, 1.165) is 5.75 Å². The van der Waals surface area contributed by atoms with Crippen LogP contribution < -0.4 is 0 Å². The molecule has 0 heterocycles. The molecule has 96 valence electrons. The van der Waals surface area contributed by atoms with Crippen molar-refractivity contribution in [3.8, 4) is 0 Å². The van der Waals surface area contributed by atoms with Gasteiger partial charge in [-0.15, -0.1) is 6.58 Å². The molecule has 0 saturated heterocycles. The maximum Gasteiger partial charge on any atom is -0.00979 e. The SMILES string of the molecule is C=CCCCCCCCCCCCCCS. The summed E-state index contributed by atoms with van der Waals surface area (Å²) in [7, 11) is 0. The average Bonchev–Trinajstić information content (AvgIpc) is 2.31. The van der Waals surface area contributed by atoms with Crippen LogP contribution in [0.4, 0.5) is 0 Å². The Morgan fingerprint density at radius 3 is 1.38 bits per heavy atom. The van der Waals surface area contributed by atoms with Gasteiger partial charge in [-0.25, -0.2) is 0 Å². The van der Waals surface area contributed by atoms with Gasteiger partial charge in [0, 0.05) is 0 Å². The van der Waals surface area contributed by atoms with Crippen LogP contribution in [0, 0.1) is 0 Å². The molecule has 0 nitrogen and oxygen atoms in total. The summed E-state index contributed by atoms with van der Waals surface area (Å²) in [6.07, 6.45) is 18.7. The van der Waals surface area contributed by atoms with Crippen LogP contribution in [0.1, 0.15) is 77.0 Å². The van der Waals surface area contributed by atoms with E-state index in [2.05, 4.69) is 19.2 Å². The number of hydrogen-bond acceptors (Lipinski definition) is 1. The molecule has 0 atom stereocenters. The molecule has 0 bridgehead atoms. The Kier molecular flexibility index (Phi) is 15.2. The highest BCUT2D eigenvalue weighted by Crippen LogP contribution is 2.12. The summed E-state index contributed by atoms with van der Waals surface area (Å²) in [5.41, 5.74) is 0. The fourth-order valence-electron chi connectivity index (χ4n) is 1.99. The minimum atomic E-state index is 1.06. The highest BCUT2D eigenvalue weighted by atomic mass is 32.1. The van der Waals surface area contributed by atoms with Crippen molar-refractivity contribution in [2.75, 3.05) is 5.75 Å². The Morgan fingerprint density at radius 1 is 0.625 bits per heavy atom. The van der Waals surface area contributed by atoms with Crippen molar-refractivity contribution in [3.63, 3.8) is 0 Å². The van der Waals surface area contributed by atoms with Gasteiger partial charge in [0.05, 0.1) is 0 Å². The van der Waals surface area contributed by atoms with E-state index in [0.29, 0.717) is 0 Å². The molecule has 0 aromatic rings. The van der Waals surface area contributed by atoms with Gasteiger partial charge < -0.3 is 0 Å². The van der Waals surface area contributed by atoms with Gasteiger partial charge >= 0.3 is 0 Å². The van der Waals surface area contributed by atoms with Crippen LogP contribution in [0.2, 0.25) is 0 Å². The molecule has 0 N–H and O–H groups in total. The van der Waals surface area contributed by atoms with Crippen LogP contribution in [-0.4, -0.2) is 5.75 Å². The standard InChI is InChI=1S/C15H30S/c1-2-3-4-5-6-7-8-9-10-11-12-13-14-15-16/h2,16H,1,3-15H2. The van der Waals surface area contributed by atoms with Crippen molar-refractivity contribution < 1.29 is 0 Å². The Morgan fingerprint density at radius 2 is 1.00 bits per heavy atom. The van der Waals surface area contributed by atoms with Crippen molar-refractivity contribution >= 4 is 12.6 Å². The quantitative estimate of drug-likeness (QED) is 0.236. The summed E-state index contributed by atoms with van der Waals surface area (Å²) in [6, 6.07) is 0. The van der Waals surface area contributed by atoms with E-state index >= 15 is 0 Å². The summed E-state index contributed by atoms with van der Waals surface area (Å²) in [6.45, 7) is 3.74. The lowest BCUT2D eigenvalue weighted by Gasteiger charge is -2.01. The first-order valence-corrected chi connectivity index (χ1v) is 7.77. The average molecular weight is 242 g/mol. The molecule has 0 amide bonds. The first-order valence-electron chi connectivity index (χ1n) is 7.13. The second-order valence-electron chi connectivity index (χ2n) is 4.69. The van der Waals surface area contributed by atoms with Crippen LogP contribution in [0.25, 0.3) is 0 Å². The number of hydrogen-bond donors (Lipinski definition) is 1. The van der Waals surface area contributed by atoms with Gasteiger partial charge in [-0.2, -0.15) is 12.6 Å². The first kappa shape index (κ1) is 16.1. The lowest BCUT2D eigenvalue weighted by atomic mass is 10.1. The highest BCUT2D eigenvalue weighted by Gasteiger charge is 1.92. The predicted molar refractivity (Wildman–Crippen MR) is 79.5 cm³/mol. The third kappa shape index (κ3) is 14.1. The highest BCUT2D eigenvalue weighted by molar-refractivity contribution is 7.80. The van der Waals surface area contributed by atoms with Crippen LogP contribution in [0.3, 0.4) is 0 Å². The molecular formula is C15H30S. The first-order chi connectivity index (χ1) is 7.91. The molecule has 0 unspecified atom stereocenters. The zero-order valence-corrected chi connectivity index (χ0v) is 11.8. The largest absolute Gasteiger partial charge is 0.179 e. The van der Waals surface area contributed by atoms with E-state index in [1.807, 2.05) is 6.08 Å². The lowest BCUT2D eigenvalue weighted by molar-refractivity contribution is 0.551. The van der Waals surface area contributed by atoms with Crippen molar-refractivity contribution in [1.29, 1.82) is 0 Å². The topological polar surface area (TPSA) is 0 Å². The van der Waals surface area contributed by atoms with Gasteiger partial charge in [0.2, 0.25) is 0 Å². The van der Waals surface area contributed by atoms with Gasteiger partial charge in [-0.3, -0.25) is 0 Å². The summed E-state index contributed by atoms with van der Waals surface area (Å²) >= 11 is 4.22.